The molecule has 21 heavy (non-hydrogen) atoms. The fourth-order valence-electron chi connectivity index (χ4n) is 2.05. The summed E-state index contributed by atoms with van der Waals surface area (Å²) in [6.45, 7) is 3.75. The molecule has 110 valence electrons. The molecule has 1 aromatic carbocycles. The third-order valence-electron chi connectivity index (χ3n) is 3.07. The molecule has 0 radical (unpaired) electrons. The molecule has 0 amide bonds. The van der Waals surface area contributed by atoms with Crippen molar-refractivity contribution in [1.82, 2.24) is 14.7 Å². The van der Waals surface area contributed by atoms with Crippen molar-refractivity contribution in [3.05, 3.63) is 47.4 Å². The molecule has 0 spiro atoms. The number of ether oxygens (including phenoxy) is 1. The summed E-state index contributed by atoms with van der Waals surface area (Å²) in [6.07, 6.45) is 3.05. The van der Waals surface area contributed by atoms with Crippen LogP contribution in [0.3, 0.4) is 0 Å². The summed E-state index contributed by atoms with van der Waals surface area (Å²) in [5.74, 6) is 0.869. The molecule has 0 aliphatic carbocycles. The van der Waals surface area contributed by atoms with Crippen LogP contribution in [0.15, 0.2) is 35.8 Å². The standard InChI is InChI=1S/C15H16FN3OS/c1-2-7-17-10-13-14(18-15-19(13)8-9-21-15)20-12-5-3-11(16)4-6-12/h3-6,8-9,17H,2,7,10H2,1H3. The molecule has 0 atom stereocenters. The van der Waals surface area contributed by atoms with Gasteiger partial charge >= 0.3 is 0 Å². The van der Waals surface area contributed by atoms with Crippen LogP contribution in [0.5, 0.6) is 11.6 Å². The molecule has 6 heteroatoms. The first-order chi connectivity index (χ1) is 10.3. The first kappa shape index (κ1) is 14.0. The van der Waals surface area contributed by atoms with Crippen LogP contribution in [0, 0.1) is 5.82 Å². The minimum Gasteiger partial charge on any atom is -0.437 e. The van der Waals surface area contributed by atoms with Crippen molar-refractivity contribution < 1.29 is 9.13 Å². The van der Waals surface area contributed by atoms with Gasteiger partial charge in [0.05, 0.1) is 0 Å². The van der Waals surface area contributed by atoms with E-state index in [9.17, 15) is 4.39 Å². The Balaban J connectivity index is 1.87. The Labute approximate surface area is 126 Å². The number of nitrogens with one attached hydrogen (secondary N) is 1. The number of nitrogens with zero attached hydrogens (tertiary/aromatic N) is 2. The van der Waals surface area contributed by atoms with Gasteiger partial charge in [0.2, 0.25) is 5.88 Å². The summed E-state index contributed by atoms with van der Waals surface area (Å²) in [5.41, 5.74) is 0.976. The molecular formula is C15H16FN3OS. The molecule has 0 fully saturated rings. The van der Waals surface area contributed by atoms with E-state index in [0.29, 0.717) is 18.2 Å². The highest BCUT2D eigenvalue weighted by Gasteiger charge is 2.14. The van der Waals surface area contributed by atoms with Gasteiger partial charge in [-0.05, 0) is 37.2 Å². The third kappa shape index (κ3) is 3.06. The highest BCUT2D eigenvalue weighted by atomic mass is 32.1. The van der Waals surface area contributed by atoms with Gasteiger partial charge in [0.15, 0.2) is 4.96 Å². The molecule has 4 nitrogen and oxygen atoms in total. The smallest absolute Gasteiger partial charge is 0.243 e. The van der Waals surface area contributed by atoms with Crippen molar-refractivity contribution >= 4 is 16.3 Å². The molecule has 2 aromatic heterocycles. The van der Waals surface area contributed by atoms with Gasteiger partial charge in [-0.25, -0.2) is 4.39 Å². The Hall–Kier alpha value is -1.92. The van der Waals surface area contributed by atoms with Crippen LogP contribution in [0.4, 0.5) is 4.39 Å². The molecule has 0 saturated carbocycles. The molecule has 0 saturated heterocycles. The van der Waals surface area contributed by atoms with Crippen LogP contribution >= 0.6 is 11.3 Å². The molecule has 3 rings (SSSR count). The largest absolute Gasteiger partial charge is 0.437 e. The number of rotatable bonds is 6. The normalized spacial score (nSPS) is 11.1. The number of hydrogen-bond donors (Lipinski definition) is 1. The topological polar surface area (TPSA) is 38.6 Å². The average molecular weight is 305 g/mol. The van der Waals surface area contributed by atoms with E-state index < -0.39 is 0 Å². The third-order valence-corrected chi connectivity index (χ3v) is 3.83. The highest BCUT2D eigenvalue weighted by molar-refractivity contribution is 7.15. The number of thiazole rings is 1. The van der Waals surface area contributed by atoms with Crippen molar-refractivity contribution in [3.63, 3.8) is 0 Å². The summed E-state index contributed by atoms with van der Waals surface area (Å²) in [4.78, 5) is 5.38. The summed E-state index contributed by atoms with van der Waals surface area (Å²) in [6, 6.07) is 5.96. The fraction of sp³-hybridized carbons (Fsp3) is 0.267. The van der Waals surface area contributed by atoms with Crippen LogP contribution in [0.2, 0.25) is 0 Å². The molecule has 0 bridgehead atoms. The van der Waals surface area contributed by atoms with E-state index in [1.165, 1.54) is 12.1 Å². The average Bonchev–Trinajstić information content (AvgIpc) is 3.04. The molecule has 0 unspecified atom stereocenters. The second kappa shape index (κ2) is 6.24. The van der Waals surface area contributed by atoms with Gasteiger partial charge in [-0.1, -0.05) is 6.92 Å². The lowest BCUT2D eigenvalue weighted by Crippen LogP contribution is -2.15. The van der Waals surface area contributed by atoms with Crippen LogP contribution in [0.1, 0.15) is 19.0 Å². The van der Waals surface area contributed by atoms with Gasteiger partial charge in [-0.15, -0.1) is 11.3 Å². The quantitative estimate of drug-likeness (QED) is 0.704. The summed E-state index contributed by atoms with van der Waals surface area (Å²) < 4.78 is 20.8. The molecule has 1 N–H and O–H groups in total. The molecule has 3 aromatic rings. The number of aromatic nitrogens is 2. The number of hydrogen-bond acceptors (Lipinski definition) is 4. The molecule has 2 heterocycles. The van der Waals surface area contributed by atoms with Crippen LogP contribution in [0.25, 0.3) is 4.96 Å². The van der Waals surface area contributed by atoms with Gasteiger partial charge < -0.3 is 10.1 Å². The molecular weight excluding hydrogens is 289 g/mol. The minimum absolute atomic E-state index is 0.280. The maximum atomic E-state index is 12.9. The number of fused-ring (bicyclic) bond motifs is 1. The van der Waals surface area contributed by atoms with E-state index in [4.69, 9.17) is 4.74 Å². The monoisotopic (exact) mass is 305 g/mol. The van der Waals surface area contributed by atoms with Crippen molar-refractivity contribution in [2.75, 3.05) is 6.54 Å². The number of halogens is 1. The van der Waals surface area contributed by atoms with E-state index in [2.05, 4.69) is 17.2 Å². The first-order valence-electron chi connectivity index (χ1n) is 6.86. The SMILES string of the molecule is CCCNCc1c(Oc2ccc(F)cc2)nc2sccn12. The van der Waals surface area contributed by atoms with E-state index in [-0.39, 0.29) is 5.82 Å². The van der Waals surface area contributed by atoms with E-state index >= 15 is 0 Å². The predicted octanol–water partition coefficient (Wildman–Crippen LogP) is 3.83. The Bertz CT molecular complexity index is 720. The molecule has 0 aliphatic heterocycles. The highest BCUT2D eigenvalue weighted by Crippen LogP contribution is 2.28. The maximum absolute atomic E-state index is 12.9. The van der Waals surface area contributed by atoms with Gasteiger partial charge in [-0.2, -0.15) is 4.98 Å². The summed E-state index contributed by atoms with van der Waals surface area (Å²) >= 11 is 1.56. The first-order valence-corrected chi connectivity index (χ1v) is 7.74. The van der Waals surface area contributed by atoms with Gasteiger partial charge in [0.25, 0.3) is 0 Å². The van der Waals surface area contributed by atoms with Crippen LogP contribution in [-0.2, 0) is 6.54 Å². The second-order valence-electron chi connectivity index (χ2n) is 4.65. The van der Waals surface area contributed by atoms with Crippen LogP contribution < -0.4 is 10.1 Å². The zero-order chi connectivity index (χ0) is 14.7. The van der Waals surface area contributed by atoms with Crippen molar-refractivity contribution in [1.29, 1.82) is 0 Å². The summed E-state index contributed by atoms with van der Waals surface area (Å²) in [5, 5.41) is 5.35. The lowest BCUT2D eigenvalue weighted by Gasteiger charge is -2.07. The minimum atomic E-state index is -0.280. The Kier molecular flexibility index (Phi) is 4.17. The number of benzene rings is 1. The van der Waals surface area contributed by atoms with Crippen LogP contribution in [-0.4, -0.2) is 15.9 Å². The van der Waals surface area contributed by atoms with Crippen molar-refractivity contribution in [3.8, 4) is 11.6 Å². The lowest BCUT2D eigenvalue weighted by atomic mass is 10.3. The Morgan fingerprint density at radius 1 is 1.33 bits per heavy atom. The second-order valence-corrected chi connectivity index (χ2v) is 5.53. The van der Waals surface area contributed by atoms with Crippen molar-refractivity contribution in [2.45, 2.75) is 19.9 Å². The Morgan fingerprint density at radius 3 is 2.90 bits per heavy atom. The van der Waals surface area contributed by atoms with E-state index in [1.807, 2.05) is 16.0 Å². The van der Waals surface area contributed by atoms with E-state index in [1.54, 1.807) is 23.5 Å². The fourth-order valence-corrected chi connectivity index (χ4v) is 2.78. The Morgan fingerprint density at radius 2 is 2.14 bits per heavy atom. The van der Waals surface area contributed by atoms with Gasteiger partial charge in [-0.3, -0.25) is 4.40 Å². The van der Waals surface area contributed by atoms with Gasteiger partial charge in [0.1, 0.15) is 17.3 Å². The zero-order valence-corrected chi connectivity index (χ0v) is 12.5. The van der Waals surface area contributed by atoms with E-state index in [0.717, 1.165) is 23.6 Å². The molecule has 0 aliphatic rings. The van der Waals surface area contributed by atoms with Crippen molar-refractivity contribution in [2.24, 2.45) is 0 Å². The van der Waals surface area contributed by atoms with Gasteiger partial charge in [0, 0.05) is 18.1 Å². The summed E-state index contributed by atoms with van der Waals surface area (Å²) in [7, 11) is 0. The predicted molar refractivity (Wildman–Crippen MR) is 81.5 cm³/mol. The zero-order valence-electron chi connectivity index (χ0n) is 11.7. The maximum Gasteiger partial charge on any atom is 0.243 e. The number of imidazole rings is 1. The lowest BCUT2D eigenvalue weighted by molar-refractivity contribution is 0.454.